The van der Waals surface area contributed by atoms with Gasteiger partial charge in [-0.1, -0.05) is 54.6 Å². The Morgan fingerprint density at radius 3 is 2.31 bits per heavy atom. The lowest BCUT2D eigenvalue weighted by Gasteiger charge is -2.38. The highest BCUT2D eigenvalue weighted by atomic mass is 16.1. The zero-order valence-corrected chi connectivity index (χ0v) is 18.1. The monoisotopic (exact) mass is 423 g/mol. The van der Waals surface area contributed by atoms with Crippen molar-refractivity contribution in [1.82, 2.24) is 19.4 Å². The van der Waals surface area contributed by atoms with Crippen LogP contribution in [0.3, 0.4) is 0 Å². The lowest BCUT2D eigenvalue weighted by Crippen LogP contribution is -2.47. The third-order valence-electron chi connectivity index (χ3n) is 5.78. The number of hydrogen-bond donors (Lipinski definition) is 0. The Bertz CT molecular complexity index is 1260. The van der Waals surface area contributed by atoms with Crippen LogP contribution >= 0.6 is 0 Å². The Kier molecular flexibility index (Phi) is 5.52. The van der Waals surface area contributed by atoms with Crippen molar-refractivity contribution >= 4 is 11.6 Å². The quantitative estimate of drug-likeness (QED) is 0.484. The second kappa shape index (κ2) is 8.77. The average molecular weight is 424 g/mol. The molecule has 0 bridgehead atoms. The minimum Gasteiger partial charge on any atom is -0.298 e. The summed E-state index contributed by atoms with van der Waals surface area (Å²) in [5.41, 5.74) is 4.63. The Balaban J connectivity index is 1.57. The van der Waals surface area contributed by atoms with Crippen molar-refractivity contribution in [3.63, 3.8) is 0 Å². The zero-order chi connectivity index (χ0) is 21.9. The molecule has 0 saturated carbocycles. The first kappa shape index (κ1) is 20.2. The molecule has 6 heteroatoms. The Morgan fingerprint density at radius 2 is 1.59 bits per heavy atom. The third-order valence-corrected chi connectivity index (χ3v) is 5.78. The highest BCUT2D eigenvalue weighted by molar-refractivity contribution is 5.58. The van der Waals surface area contributed by atoms with Crippen LogP contribution < -0.4 is 10.5 Å². The molecule has 4 aromatic rings. The molecular formula is C26H25N5O. The summed E-state index contributed by atoms with van der Waals surface area (Å²) in [6, 6.07) is 26.1. The minimum absolute atomic E-state index is 0.0167. The van der Waals surface area contributed by atoms with Gasteiger partial charge in [0.15, 0.2) is 0 Å². The normalized spacial score (nSPS) is 13.7. The molecule has 0 saturated heterocycles. The van der Waals surface area contributed by atoms with E-state index in [1.54, 1.807) is 10.8 Å². The SMILES string of the molecule is Cc1nc2n(c(=O)c1Cc1ccccc1)CN(Cc1ccccn1)CN2c1ccccc1. The maximum atomic E-state index is 13.7. The predicted molar refractivity (Wildman–Crippen MR) is 126 cm³/mol. The van der Waals surface area contributed by atoms with Gasteiger partial charge in [0.25, 0.3) is 5.56 Å². The second-order valence-corrected chi connectivity index (χ2v) is 8.07. The number of nitrogens with zero attached hydrogens (tertiary/aromatic N) is 5. The summed E-state index contributed by atoms with van der Waals surface area (Å²) in [4.78, 5) is 27.4. The zero-order valence-electron chi connectivity index (χ0n) is 18.1. The summed E-state index contributed by atoms with van der Waals surface area (Å²) in [7, 11) is 0. The van der Waals surface area contributed by atoms with Crippen LogP contribution in [0.15, 0.2) is 89.9 Å². The van der Waals surface area contributed by atoms with Gasteiger partial charge >= 0.3 is 0 Å². The molecule has 0 spiro atoms. The van der Waals surface area contributed by atoms with Crippen molar-refractivity contribution in [2.75, 3.05) is 11.6 Å². The number of hydrogen-bond acceptors (Lipinski definition) is 5. The molecule has 1 aliphatic rings. The van der Waals surface area contributed by atoms with Crippen molar-refractivity contribution < 1.29 is 0 Å². The fraction of sp³-hybridized carbons (Fsp3) is 0.192. The molecule has 0 amide bonds. The first-order chi connectivity index (χ1) is 15.7. The van der Waals surface area contributed by atoms with Crippen LogP contribution in [-0.4, -0.2) is 26.1 Å². The van der Waals surface area contributed by atoms with Gasteiger partial charge in [0.1, 0.15) is 0 Å². The average Bonchev–Trinajstić information content (AvgIpc) is 2.84. The van der Waals surface area contributed by atoms with Gasteiger partial charge in [-0.3, -0.25) is 24.1 Å². The summed E-state index contributed by atoms with van der Waals surface area (Å²) in [6.45, 7) is 3.69. The highest BCUT2D eigenvalue weighted by Crippen LogP contribution is 2.28. The smallest absolute Gasteiger partial charge is 0.259 e. The van der Waals surface area contributed by atoms with Crippen LogP contribution in [0.25, 0.3) is 0 Å². The van der Waals surface area contributed by atoms with E-state index in [2.05, 4.69) is 14.8 Å². The number of anilines is 2. The number of pyridine rings is 1. The summed E-state index contributed by atoms with van der Waals surface area (Å²) >= 11 is 0. The largest absolute Gasteiger partial charge is 0.298 e. The number of rotatable bonds is 5. The Morgan fingerprint density at radius 1 is 0.875 bits per heavy atom. The molecule has 0 aliphatic carbocycles. The molecule has 0 fully saturated rings. The van der Waals surface area contributed by atoms with Crippen LogP contribution in [0.2, 0.25) is 0 Å². The molecule has 0 unspecified atom stereocenters. The Labute approximate surface area is 187 Å². The highest BCUT2D eigenvalue weighted by Gasteiger charge is 2.28. The third kappa shape index (κ3) is 4.05. The molecule has 0 N–H and O–H groups in total. The van der Waals surface area contributed by atoms with Gasteiger partial charge in [-0.2, -0.15) is 0 Å². The van der Waals surface area contributed by atoms with Crippen LogP contribution in [-0.2, 0) is 19.6 Å². The van der Waals surface area contributed by atoms with Crippen LogP contribution in [0, 0.1) is 6.92 Å². The van der Waals surface area contributed by atoms with E-state index in [4.69, 9.17) is 4.98 Å². The number of aromatic nitrogens is 3. The summed E-state index contributed by atoms with van der Waals surface area (Å²) in [5.74, 6) is 0.688. The van der Waals surface area contributed by atoms with Crippen LogP contribution in [0.1, 0.15) is 22.5 Å². The maximum absolute atomic E-state index is 13.7. The van der Waals surface area contributed by atoms with Gasteiger partial charge in [-0.05, 0) is 36.8 Å². The van der Waals surface area contributed by atoms with E-state index in [1.807, 2.05) is 85.8 Å². The van der Waals surface area contributed by atoms with E-state index in [9.17, 15) is 4.79 Å². The number of para-hydroxylation sites is 1. The molecule has 0 radical (unpaired) electrons. The molecule has 0 atom stereocenters. The molecule has 32 heavy (non-hydrogen) atoms. The summed E-state index contributed by atoms with van der Waals surface area (Å²) in [6.07, 6.45) is 2.38. The van der Waals surface area contributed by atoms with Crippen LogP contribution in [0.5, 0.6) is 0 Å². The number of fused-ring (bicyclic) bond motifs is 1. The molecule has 160 valence electrons. The topological polar surface area (TPSA) is 54.3 Å². The number of benzene rings is 2. The van der Waals surface area contributed by atoms with Gasteiger partial charge in [-0.15, -0.1) is 0 Å². The Hall–Kier alpha value is -3.77. The van der Waals surface area contributed by atoms with Crippen molar-refractivity contribution in [3.05, 3.63) is 118 Å². The molecule has 6 nitrogen and oxygen atoms in total. The van der Waals surface area contributed by atoms with Gasteiger partial charge in [0.2, 0.25) is 5.95 Å². The van der Waals surface area contributed by atoms with Crippen molar-refractivity contribution in [2.24, 2.45) is 0 Å². The molecule has 1 aliphatic heterocycles. The van der Waals surface area contributed by atoms with Crippen molar-refractivity contribution in [3.8, 4) is 0 Å². The van der Waals surface area contributed by atoms with E-state index >= 15 is 0 Å². The standard InChI is InChI=1S/C26H25N5O/c1-20-24(16-21-10-4-2-5-11-21)25(32)31-19-29(17-22-12-8-9-15-27-22)18-30(26(31)28-20)23-13-6-3-7-14-23/h2-15H,16-19H2,1H3. The lowest BCUT2D eigenvalue weighted by molar-refractivity contribution is 0.187. The first-order valence-electron chi connectivity index (χ1n) is 10.8. The molecule has 3 heterocycles. The molecular weight excluding hydrogens is 398 g/mol. The van der Waals surface area contributed by atoms with Gasteiger partial charge in [0, 0.05) is 30.4 Å². The predicted octanol–water partition coefficient (Wildman–Crippen LogP) is 4.11. The number of aryl methyl sites for hydroxylation is 1. The molecule has 2 aromatic carbocycles. The summed E-state index contributed by atoms with van der Waals surface area (Å²) < 4.78 is 1.80. The fourth-order valence-corrected chi connectivity index (χ4v) is 4.16. The maximum Gasteiger partial charge on any atom is 0.259 e. The van der Waals surface area contributed by atoms with Gasteiger partial charge in [-0.25, -0.2) is 4.98 Å². The van der Waals surface area contributed by atoms with Gasteiger partial charge in [0.05, 0.1) is 24.7 Å². The van der Waals surface area contributed by atoms with E-state index in [0.29, 0.717) is 32.3 Å². The van der Waals surface area contributed by atoms with E-state index in [-0.39, 0.29) is 5.56 Å². The summed E-state index contributed by atoms with van der Waals surface area (Å²) in [5, 5.41) is 0. The lowest BCUT2D eigenvalue weighted by atomic mass is 10.1. The molecule has 2 aromatic heterocycles. The molecule has 5 rings (SSSR count). The second-order valence-electron chi connectivity index (χ2n) is 8.07. The van der Waals surface area contributed by atoms with Crippen LogP contribution in [0.4, 0.5) is 11.6 Å². The first-order valence-corrected chi connectivity index (χ1v) is 10.8. The van der Waals surface area contributed by atoms with Gasteiger partial charge < -0.3 is 0 Å². The van der Waals surface area contributed by atoms with Crippen molar-refractivity contribution in [2.45, 2.75) is 26.6 Å². The minimum atomic E-state index is 0.0167. The van der Waals surface area contributed by atoms with E-state index in [0.717, 1.165) is 28.2 Å². The van der Waals surface area contributed by atoms with E-state index in [1.165, 1.54) is 0 Å². The fourth-order valence-electron chi connectivity index (χ4n) is 4.16. The van der Waals surface area contributed by atoms with E-state index < -0.39 is 0 Å². The van der Waals surface area contributed by atoms with Crippen molar-refractivity contribution in [1.29, 1.82) is 0 Å².